The van der Waals surface area contributed by atoms with Gasteiger partial charge in [0, 0.05) is 5.56 Å². The molecule has 5 rings (SSSR count). The van der Waals surface area contributed by atoms with Gasteiger partial charge in [-0.15, -0.1) is 11.3 Å². The van der Waals surface area contributed by atoms with Gasteiger partial charge < -0.3 is 4.74 Å². The molecule has 1 aliphatic carbocycles. The van der Waals surface area contributed by atoms with Crippen LogP contribution in [-0.4, -0.2) is 27.9 Å². The largest absolute Gasteiger partial charge is 0.462 e. The number of carbonyl (C=O) groups is 2. The fraction of sp³-hybridized carbons (Fsp3) is 0.200. The summed E-state index contributed by atoms with van der Waals surface area (Å²) in [5.41, 5.74) is 5.43. The second-order valence-electron chi connectivity index (χ2n) is 7.76. The van der Waals surface area contributed by atoms with Crippen molar-refractivity contribution in [3.8, 4) is 11.1 Å². The molecule has 0 amide bonds. The Balaban J connectivity index is 1.47. The summed E-state index contributed by atoms with van der Waals surface area (Å²) in [4.78, 5) is 43.5. The minimum atomic E-state index is -0.464. The number of hydrogen-bond donors (Lipinski definition) is 0. The van der Waals surface area contributed by atoms with Crippen molar-refractivity contribution in [2.45, 2.75) is 26.8 Å². The number of benzene rings is 2. The van der Waals surface area contributed by atoms with E-state index in [1.54, 1.807) is 13.8 Å². The van der Waals surface area contributed by atoms with Crippen LogP contribution in [0.25, 0.3) is 21.3 Å². The second-order valence-corrected chi connectivity index (χ2v) is 8.76. The predicted octanol–water partition coefficient (Wildman–Crippen LogP) is 4.40. The number of ether oxygens (including phenoxy) is 1. The van der Waals surface area contributed by atoms with Gasteiger partial charge in [-0.3, -0.25) is 14.2 Å². The van der Waals surface area contributed by atoms with Crippen molar-refractivity contribution in [1.29, 1.82) is 0 Å². The van der Waals surface area contributed by atoms with Crippen LogP contribution in [0.1, 0.15) is 43.6 Å². The molecule has 1 aliphatic rings. The highest BCUT2D eigenvalue weighted by Crippen LogP contribution is 2.37. The van der Waals surface area contributed by atoms with Gasteiger partial charge in [-0.05, 0) is 54.2 Å². The summed E-state index contributed by atoms with van der Waals surface area (Å²) >= 11 is 1.13. The van der Waals surface area contributed by atoms with E-state index < -0.39 is 5.97 Å². The standard InChI is InChI=1S/C25H20N2O4S/c1-3-31-25(30)22-14(2)21-23(32-22)26-13-27(24(21)29)12-20(28)17-9-8-16-10-15-6-4-5-7-18(15)19(16)11-17/h4-9,11,13H,3,10,12H2,1-2H3. The number of nitrogens with zero attached hydrogens (tertiary/aromatic N) is 2. The first-order chi connectivity index (χ1) is 15.5. The summed E-state index contributed by atoms with van der Waals surface area (Å²) in [6, 6.07) is 13.9. The molecule has 2 aromatic heterocycles. The zero-order valence-corrected chi connectivity index (χ0v) is 18.5. The Kier molecular flexibility index (Phi) is 4.98. The maximum Gasteiger partial charge on any atom is 0.348 e. The molecule has 4 aromatic rings. The van der Waals surface area contributed by atoms with E-state index in [9.17, 15) is 14.4 Å². The average molecular weight is 445 g/mol. The van der Waals surface area contributed by atoms with Crippen LogP contribution in [0.5, 0.6) is 0 Å². The summed E-state index contributed by atoms with van der Waals surface area (Å²) in [7, 11) is 0. The Bertz CT molecular complexity index is 1460. The van der Waals surface area contributed by atoms with Crippen LogP contribution in [0.2, 0.25) is 0 Å². The fourth-order valence-electron chi connectivity index (χ4n) is 4.21. The number of carbonyl (C=O) groups excluding carboxylic acids is 2. The maximum atomic E-state index is 13.1. The Morgan fingerprint density at radius 1 is 1.12 bits per heavy atom. The van der Waals surface area contributed by atoms with Gasteiger partial charge in [0.25, 0.3) is 5.56 Å². The number of aryl methyl sites for hydroxylation is 1. The third kappa shape index (κ3) is 3.26. The van der Waals surface area contributed by atoms with Crippen molar-refractivity contribution in [3.05, 3.63) is 86.3 Å². The monoisotopic (exact) mass is 444 g/mol. The maximum absolute atomic E-state index is 13.1. The van der Waals surface area contributed by atoms with Crippen LogP contribution in [0.4, 0.5) is 0 Å². The zero-order chi connectivity index (χ0) is 22.4. The normalized spacial score (nSPS) is 11.9. The third-order valence-corrected chi connectivity index (χ3v) is 6.99. The smallest absolute Gasteiger partial charge is 0.348 e. The molecule has 0 atom stereocenters. The summed E-state index contributed by atoms with van der Waals surface area (Å²) in [6.07, 6.45) is 2.23. The molecule has 0 fully saturated rings. The quantitative estimate of drug-likeness (QED) is 0.297. The number of hydrogen-bond acceptors (Lipinski definition) is 6. The zero-order valence-electron chi connectivity index (χ0n) is 17.7. The lowest BCUT2D eigenvalue weighted by atomic mass is 10.0. The minimum Gasteiger partial charge on any atom is -0.462 e. The molecule has 0 radical (unpaired) electrons. The van der Waals surface area contributed by atoms with Gasteiger partial charge in [0.2, 0.25) is 0 Å². The van der Waals surface area contributed by atoms with Crippen molar-refractivity contribution >= 4 is 33.3 Å². The number of Topliss-reactive ketones (excluding diaryl/α,β-unsaturated/α-hetero) is 1. The Morgan fingerprint density at radius 2 is 1.91 bits per heavy atom. The van der Waals surface area contributed by atoms with Crippen molar-refractivity contribution in [3.63, 3.8) is 0 Å². The fourth-order valence-corrected chi connectivity index (χ4v) is 5.24. The van der Waals surface area contributed by atoms with E-state index in [0.29, 0.717) is 26.2 Å². The van der Waals surface area contributed by atoms with E-state index in [4.69, 9.17) is 4.74 Å². The minimum absolute atomic E-state index is 0.119. The number of thiophene rings is 1. The van der Waals surface area contributed by atoms with E-state index >= 15 is 0 Å². The van der Waals surface area contributed by atoms with Crippen molar-refractivity contribution in [1.82, 2.24) is 9.55 Å². The SMILES string of the molecule is CCOC(=O)c1sc2ncn(CC(=O)c3ccc4c(c3)-c3ccccc3C4)c(=O)c2c1C. The molecular weight excluding hydrogens is 424 g/mol. The lowest BCUT2D eigenvalue weighted by Gasteiger charge is -2.07. The summed E-state index contributed by atoms with van der Waals surface area (Å²) in [5, 5.41) is 0.358. The highest BCUT2D eigenvalue weighted by molar-refractivity contribution is 7.20. The molecular formula is C25H20N2O4S. The molecule has 0 unspecified atom stereocenters. The topological polar surface area (TPSA) is 78.3 Å². The highest BCUT2D eigenvalue weighted by atomic mass is 32.1. The van der Waals surface area contributed by atoms with Crippen molar-refractivity contribution < 1.29 is 14.3 Å². The second kappa shape index (κ2) is 7.84. The summed E-state index contributed by atoms with van der Waals surface area (Å²) in [6.45, 7) is 3.57. The van der Waals surface area contributed by atoms with Gasteiger partial charge in [-0.2, -0.15) is 0 Å². The first-order valence-corrected chi connectivity index (χ1v) is 11.2. The van der Waals surface area contributed by atoms with Crippen LogP contribution >= 0.6 is 11.3 Å². The molecule has 0 spiro atoms. The summed E-state index contributed by atoms with van der Waals surface area (Å²) < 4.78 is 6.38. The average Bonchev–Trinajstić information content (AvgIpc) is 3.33. The number of fused-ring (bicyclic) bond motifs is 4. The third-order valence-electron chi connectivity index (χ3n) is 5.81. The predicted molar refractivity (Wildman–Crippen MR) is 124 cm³/mol. The molecule has 160 valence electrons. The van der Waals surface area contributed by atoms with Crippen LogP contribution in [0, 0.1) is 6.92 Å². The molecule has 0 N–H and O–H groups in total. The number of ketones is 1. The first-order valence-electron chi connectivity index (χ1n) is 10.4. The number of esters is 1. The van der Waals surface area contributed by atoms with Crippen LogP contribution in [-0.2, 0) is 17.7 Å². The molecule has 32 heavy (non-hydrogen) atoms. The van der Waals surface area contributed by atoms with Gasteiger partial charge in [0.05, 0.1) is 24.9 Å². The Morgan fingerprint density at radius 3 is 2.72 bits per heavy atom. The van der Waals surface area contributed by atoms with Crippen LogP contribution in [0.15, 0.2) is 53.6 Å². The lowest BCUT2D eigenvalue weighted by molar-refractivity contribution is 0.0531. The van der Waals surface area contributed by atoms with Gasteiger partial charge in [0.15, 0.2) is 5.78 Å². The molecule has 2 aromatic carbocycles. The van der Waals surface area contributed by atoms with E-state index in [2.05, 4.69) is 17.1 Å². The van der Waals surface area contributed by atoms with Crippen LogP contribution in [0.3, 0.4) is 0 Å². The van der Waals surface area contributed by atoms with Gasteiger partial charge in [-0.25, -0.2) is 9.78 Å². The van der Waals surface area contributed by atoms with E-state index in [1.807, 2.05) is 30.3 Å². The molecule has 0 saturated heterocycles. The molecule has 0 saturated carbocycles. The molecule has 6 nitrogen and oxygen atoms in total. The van der Waals surface area contributed by atoms with E-state index in [-0.39, 0.29) is 24.5 Å². The number of aromatic nitrogens is 2. The Hall–Kier alpha value is -3.58. The Labute approximate surface area is 188 Å². The summed E-state index contributed by atoms with van der Waals surface area (Å²) in [5.74, 6) is -0.632. The van der Waals surface area contributed by atoms with Gasteiger partial charge in [0.1, 0.15) is 9.71 Å². The first kappa shape index (κ1) is 20.3. The lowest BCUT2D eigenvalue weighted by Crippen LogP contribution is -2.24. The molecule has 2 heterocycles. The van der Waals surface area contributed by atoms with Crippen molar-refractivity contribution in [2.75, 3.05) is 6.61 Å². The van der Waals surface area contributed by atoms with Gasteiger partial charge in [-0.1, -0.05) is 36.4 Å². The highest BCUT2D eigenvalue weighted by Gasteiger charge is 2.22. The molecule has 7 heteroatoms. The van der Waals surface area contributed by atoms with E-state index in [1.165, 1.54) is 22.0 Å². The number of rotatable bonds is 5. The molecule has 0 bridgehead atoms. The van der Waals surface area contributed by atoms with Gasteiger partial charge >= 0.3 is 5.97 Å². The van der Waals surface area contributed by atoms with Crippen LogP contribution < -0.4 is 5.56 Å². The molecule has 0 aliphatic heterocycles. The van der Waals surface area contributed by atoms with Crippen molar-refractivity contribution in [2.24, 2.45) is 0 Å². The van der Waals surface area contributed by atoms with E-state index in [0.717, 1.165) is 28.9 Å².